The average molecular weight is 254 g/mol. The lowest BCUT2D eigenvalue weighted by molar-refractivity contribution is 0.203. The highest BCUT2D eigenvalue weighted by Gasteiger charge is 2.24. The van der Waals surface area contributed by atoms with Crippen molar-refractivity contribution in [3.63, 3.8) is 0 Å². The standard InChI is InChI=1S/C13H22N2OS/c1-3-6-11-7-4-5-8-15(11)13-14-9-12(17-13)10(2)16/h9-11,16H,3-8H2,1-2H3. The van der Waals surface area contributed by atoms with Crippen molar-refractivity contribution in [3.8, 4) is 0 Å². The molecule has 1 fully saturated rings. The summed E-state index contributed by atoms with van der Waals surface area (Å²) >= 11 is 1.64. The van der Waals surface area contributed by atoms with Gasteiger partial charge in [0.25, 0.3) is 0 Å². The lowest BCUT2D eigenvalue weighted by Crippen LogP contribution is -2.39. The van der Waals surface area contributed by atoms with E-state index < -0.39 is 6.10 Å². The van der Waals surface area contributed by atoms with E-state index in [4.69, 9.17) is 0 Å². The Hall–Kier alpha value is -0.610. The Morgan fingerprint density at radius 3 is 3.06 bits per heavy atom. The highest BCUT2D eigenvalue weighted by molar-refractivity contribution is 7.15. The van der Waals surface area contributed by atoms with Gasteiger partial charge in [0.1, 0.15) is 0 Å². The van der Waals surface area contributed by atoms with Crippen LogP contribution in [0.1, 0.15) is 56.9 Å². The maximum Gasteiger partial charge on any atom is 0.185 e. The number of nitrogens with zero attached hydrogens (tertiary/aromatic N) is 2. The van der Waals surface area contributed by atoms with Gasteiger partial charge in [-0.3, -0.25) is 0 Å². The molecular weight excluding hydrogens is 232 g/mol. The number of aromatic nitrogens is 1. The third kappa shape index (κ3) is 2.99. The molecule has 0 amide bonds. The molecule has 0 saturated carbocycles. The van der Waals surface area contributed by atoms with E-state index >= 15 is 0 Å². The van der Waals surface area contributed by atoms with Gasteiger partial charge in [-0.1, -0.05) is 24.7 Å². The number of thiazole rings is 1. The highest BCUT2D eigenvalue weighted by Crippen LogP contribution is 2.32. The predicted molar refractivity (Wildman–Crippen MR) is 72.6 cm³/mol. The van der Waals surface area contributed by atoms with Gasteiger partial charge in [-0.15, -0.1) is 0 Å². The zero-order valence-corrected chi connectivity index (χ0v) is 11.5. The SMILES string of the molecule is CCCC1CCCCN1c1ncc(C(C)O)s1. The van der Waals surface area contributed by atoms with Crippen molar-refractivity contribution in [1.29, 1.82) is 0 Å². The predicted octanol–water partition coefficient (Wildman–Crippen LogP) is 3.36. The van der Waals surface area contributed by atoms with E-state index in [1.807, 2.05) is 6.20 Å². The Morgan fingerprint density at radius 2 is 2.41 bits per heavy atom. The largest absolute Gasteiger partial charge is 0.388 e. The summed E-state index contributed by atoms with van der Waals surface area (Å²) in [5, 5.41) is 10.7. The molecule has 96 valence electrons. The van der Waals surface area contributed by atoms with Crippen LogP contribution < -0.4 is 4.90 Å². The van der Waals surface area contributed by atoms with Crippen molar-refractivity contribution in [1.82, 2.24) is 4.98 Å². The van der Waals surface area contributed by atoms with Gasteiger partial charge in [-0.25, -0.2) is 4.98 Å². The van der Waals surface area contributed by atoms with Crippen LogP contribution >= 0.6 is 11.3 Å². The first-order valence-corrected chi connectivity index (χ1v) is 7.44. The normalized spacial score (nSPS) is 22.8. The van der Waals surface area contributed by atoms with E-state index in [0.29, 0.717) is 6.04 Å². The molecule has 0 spiro atoms. The third-order valence-corrected chi connectivity index (χ3v) is 4.62. The summed E-state index contributed by atoms with van der Waals surface area (Å²) in [5.41, 5.74) is 0. The monoisotopic (exact) mass is 254 g/mol. The van der Waals surface area contributed by atoms with Gasteiger partial charge in [0.15, 0.2) is 5.13 Å². The number of aliphatic hydroxyl groups is 1. The molecule has 1 aliphatic rings. The number of anilines is 1. The minimum Gasteiger partial charge on any atom is -0.388 e. The molecule has 2 heterocycles. The van der Waals surface area contributed by atoms with E-state index in [1.54, 1.807) is 18.3 Å². The van der Waals surface area contributed by atoms with Gasteiger partial charge in [-0.05, 0) is 32.6 Å². The van der Waals surface area contributed by atoms with E-state index in [0.717, 1.165) is 16.6 Å². The van der Waals surface area contributed by atoms with Crippen molar-refractivity contribution in [2.24, 2.45) is 0 Å². The quantitative estimate of drug-likeness (QED) is 0.895. The summed E-state index contributed by atoms with van der Waals surface area (Å²) in [7, 11) is 0. The van der Waals surface area contributed by atoms with Gasteiger partial charge in [0, 0.05) is 18.8 Å². The number of aliphatic hydroxyl groups excluding tert-OH is 1. The fourth-order valence-corrected chi connectivity index (χ4v) is 3.44. The molecule has 1 saturated heterocycles. The molecule has 4 heteroatoms. The second-order valence-corrected chi connectivity index (χ2v) is 5.89. The van der Waals surface area contributed by atoms with Crippen LogP contribution in [0.5, 0.6) is 0 Å². The molecule has 0 aromatic carbocycles. The van der Waals surface area contributed by atoms with Crippen LogP contribution in [0.25, 0.3) is 0 Å². The van der Waals surface area contributed by atoms with Crippen molar-refractivity contribution in [3.05, 3.63) is 11.1 Å². The smallest absolute Gasteiger partial charge is 0.185 e. The Labute approximate surface area is 107 Å². The third-order valence-electron chi connectivity index (χ3n) is 3.42. The minimum absolute atomic E-state index is 0.393. The highest BCUT2D eigenvalue weighted by atomic mass is 32.1. The molecular formula is C13H22N2OS. The van der Waals surface area contributed by atoms with E-state index in [2.05, 4.69) is 16.8 Å². The van der Waals surface area contributed by atoms with Crippen LogP contribution in [0.4, 0.5) is 5.13 Å². The molecule has 0 radical (unpaired) electrons. The molecule has 1 aliphatic heterocycles. The second-order valence-electron chi connectivity index (χ2n) is 4.85. The zero-order valence-electron chi connectivity index (χ0n) is 10.7. The number of piperidine rings is 1. The molecule has 0 bridgehead atoms. The lowest BCUT2D eigenvalue weighted by atomic mass is 9.99. The first-order chi connectivity index (χ1) is 8.22. The molecule has 1 N–H and O–H groups in total. The van der Waals surface area contributed by atoms with Crippen LogP contribution in [0.2, 0.25) is 0 Å². The fourth-order valence-electron chi connectivity index (χ4n) is 2.49. The molecule has 17 heavy (non-hydrogen) atoms. The number of hydrogen-bond donors (Lipinski definition) is 1. The fraction of sp³-hybridized carbons (Fsp3) is 0.769. The molecule has 2 rings (SSSR count). The second kappa shape index (κ2) is 5.83. The van der Waals surface area contributed by atoms with Gasteiger partial charge < -0.3 is 10.0 Å². The number of rotatable bonds is 4. The Kier molecular flexibility index (Phi) is 4.40. The van der Waals surface area contributed by atoms with Gasteiger partial charge in [0.05, 0.1) is 11.0 Å². The molecule has 1 aromatic heterocycles. The van der Waals surface area contributed by atoms with Crippen molar-refractivity contribution in [2.45, 2.75) is 58.1 Å². The Bertz CT molecular complexity index is 349. The molecule has 2 unspecified atom stereocenters. The van der Waals surface area contributed by atoms with Crippen LogP contribution in [0, 0.1) is 0 Å². The zero-order chi connectivity index (χ0) is 12.3. The van der Waals surface area contributed by atoms with E-state index in [9.17, 15) is 5.11 Å². The Balaban J connectivity index is 2.11. The summed E-state index contributed by atoms with van der Waals surface area (Å²) in [4.78, 5) is 7.90. The van der Waals surface area contributed by atoms with Crippen LogP contribution in [-0.2, 0) is 0 Å². The molecule has 1 aromatic rings. The summed E-state index contributed by atoms with van der Waals surface area (Å²) in [5.74, 6) is 0. The van der Waals surface area contributed by atoms with Crippen LogP contribution in [-0.4, -0.2) is 22.7 Å². The molecule has 3 nitrogen and oxygen atoms in total. The van der Waals surface area contributed by atoms with E-state index in [-0.39, 0.29) is 0 Å². The van der Waals surface area contributed by atoms with Crippen LogP contribution in [0.15, 0.2) is 6.20 Å². The number of hydrogen-bond acceptors (Lipinski definition) is 4. The van der Waals surface area contributed by atoms with Crippen LogP contribution in [0.3, 0.4) is 0 Å². The van der Waals surface area contributed by atoms with Crippen molar-refractivity contribution in [2.75, 3.05) is 11.4 Å². The van der Waals surface area contributed by atoms with Gasteiger partial charge in [0.2, 0.25) is 0 Å². The molecule has 2 atom stereocenters. The first kappa shape index (κ1) is 12.8. The minimum atomic E-state index is -0.393. The first-order valence-electron chi connectivity index (χ1n) is 6.62. The maximum atomic E-state index is 9.56. The summed E-state index contributed by atoms with van der Waals surface area (Å²) < 4.78 is 0. The average Bonchev–Trinajstić information content (AvgIpc) is 2.79. The summed E-state index contributed by atoms with van der Waals surface area (Å²) in [6.07, 6.45) is 7.81. The Morgan fingerprint density at radius 1 is 1.59 bits per heavy atom. The maximum absolute atomic E-state index is 9.56. The summed E-state index contributed by atoms with van der Waals surface area (Å²) in [6.45, 7) is 5.17. The van der Waals surface area contributed by atoms with Crippen molar-refractivity contribution >= 4 is 16.5 Å². The molecule has 0 aliphatic carbocycles. The van der Waals surface area contributed by atoms with E-state index in [1.165, 1.54) is 32.1 Å². The topological polar surface area (TPSA) is 36.4 Å². The van der Waals surface area contributed by atoms with Gasteiger partial charge >= 0.3 is 0 Å². The van der Waals surface area contributed by atoms with Crippen molar-refractivity contribution < 1.29 is 5.11 Å². The van der Waals surface area contributed by atoms with Gasteiger partial charge in [-0.2, -0.15) is 0 Å². The lowest BCUT2D eigenvalue weighted by Gasteiger charge is -2.35. The summed E-state index contributed by atoms with van der Waals surface area (Å²) in [6, 6.07) is 0.654.